The van der Waals surface area contributed by atoms with E-state index in [4.69, 9.17) is 4.74 Å². The summed E-state index contributed by atoms with van der Waals surface area (Å²) in [4.78, 5) is 11.7. The summed E-state index contributed by atoms with van der Waals surface area (Å²) in [5.41, 5.74) is -1.16. The molecule has 1 aliphatic heterocycles. The molecular weight excluding hydrogens is 244 g/mol. The van der Waals surface area contributed by atoms with Crippen molar-refractivity contribution in [2.24, 2.45) is 17.8 Å². The molecule has 0 aromatic heterocycles. The highest BCUT2D eigenvalue weighted by Gasteiger charge is 2.57. The first-order valence-corrected chi connectivity index (χ1v) is 7.07. The zero-order chi connectivity index (χ0) is 14.0. The Morgan fingerprint density at radius 2 is 1.95 bits per heavy atom. The van der Waals surface area contributed by atoms with Crippen molar-refractivity contribution in [1.82, 2.24) is 0 Å². The van der Waals surface area contributed by atoms with E-state index in [9.17, 15) is 15.0 Å². The van der Waals surface area contributed by atoms with Gasteiger partial charge in [-0.2, -0.15) is 0 Å². The van der Waals surface area contributed by atoms with Crippen LogP contribution in [0.25, 0.3) is 0 Å². The van der Waals surface area contributed by atoms with Crippen molar-refractivity contribution in [2.45, 2.75) is 56.8 Å². The molecule has 3 fully saturated rings. The van der Waals surface area contributed by atoms with Crippen molar-refractivity contribution in [3.63, 3.8) is 0 Å². The standard InChI is InChI=1S/C15H22O4/c1-8-9-6-11-10(4-5-14(11,2)17)15(3,18)7-12(9)19-13(8)16/h9-12,17-18H,1,4-7H2,2-3H3/t9-,10+,11-,12+,14-,15-/m1/s1. The summed E-state index contributed by atoms with van der Waals surface area (Å²) in [6.07, 6.45) is 2.38. The summed E-state index contributed by atoms with van der Waals surface area (Å²) in [7, 11) is 0. The van der Waals surface area contributed by atoms with Crippen molar-refractivity contribution in [3.8, 4) is 0 Å². The van der Waals surface area contributed by atoms with Gasteiger partial charge in [-0.15, -0.1) is 0 Å². The van der Waals surface area contributed by atoms with E-state index in [-0.39, 0.29) is 29.8 Å². The van der Waals surface area contributed by atoms with E-state index in [1.165, 1.54) is 0 Å². The third-order valence-electron chi connectivity index (χ3n) is 5.58. The fraction of sp³-hybridized carbons (Fsp3) is 0.800. The highest BCUT2D eigenvalue weighted by molar-refractivity contribution is 5.90. The normalized spacial score (nSPS) is 53.5. The van der Waals surface area contributed by atoms with Gasteiger partial charge in [0.1, 0.15) is 6.10 Å². The smallest absolute Gasteiger partial charge is 0.334 e. The lowest BCUT2D eigenvalue weighted by Gasteiger charge is -2.35. The molecule has 4 heteroatoms. The monoisotopic (exact) mass is 266 g/mol. The minimum atomic E-state index is -0.893. The maximum absolute atomic E-state index is 11.7. The van der Waals surface area contributed by atoms with Crippen LogP contribution in [-0.2, 0) is 9.53 Å². The molecule has 3 aliphatic rings. The molecule has 19 heavy (non-hydrogen) atoms. The molecule has 0 aromatic rings. The van der Waals surface area contributed by atoms with Gasteiger partial charge in [0, 0.05) is 17.9 Å². The van der Waals surface area contributed by atoms with Crippen molar-refractivity contribution in [1.29, 1.82) is 0 Å². The zero-order valence-electron chi connectivity index (χ0n) is 11.6. The lowest BCUT2D eigenvalue weighted by atomic mass is 9.76. The quantitative estimate of drug-likeness (QED) is 0.514. The van der Waals surface area contributed by atoms with Crippen molar-refractivity contribution in [3.05, 3.63) is 12.2 Å². The van der Waals surface area contributed by atoms with Gasteiger partial charge in [0.15, 0.2) is 0 Å². The van der Waals surface area contributed by atoms with E-state index < -0.39 is 11.2 Å². The molecule has 0 aromatic carbocycles. The van der Waals surface area contributed by atoms with Crippen molar-refractivity contribution < 1.29 is 19.7 Å². The molecule has 0 unspecified atom stereocenters. The van der Waals surface area contributed by atoms with Gasteiger partial charge >= 0.3 is 5.97 Å². The molecule has 6 atom stereocenters. The second-order valence-corrected chi connectivity index (χ2v) is 6.98. The van der Waals surface area contributed by atoms with Crippen molar-refractivity contribution in [2.75, 3.05) is 0 Å². The highest BCUT2D eigenvalue weighted by Crippen LogP contribution is 2.54. The van der Waals surface area contributed by atoms with E-state index >= 15 is 0 Å². The van der Waals surface area contributed by atoms with E-state index in [0.717, 1.165) is 6.42 Å². The number of carbonyl (C=O) groups excluding carboxylic acids is 1. The van der Waals surface area contributed by atoms with Crippen LogP contribution in [0, 0.1) is 17.8 Å². The van der Waals surface area contributed by atoms with E-state index in [1.54, 1.807) is 0 Å². The van der Waals surface area contributed by atoms with Crippen LogP contribution in [0.1, 0.15) is 39.5 Å². The largest absolute Gasteiger partial charge is 0.458 e. The molecule has 1 saturated heterocycles. The Kier molecular flexibility index (Phi) is 2.64. The van der Waals surface area contributed by atoms with Crippen LogP contribution in [0.3, 0.4) is 0 Å². The summed E-state index contributed by atoms with van der Waals surface area (Å²) in [6.45, 7) is 7.48. The Bertz CT molecular complexity index is 437. The molecule has 2 N–H and O–H groups in total. The zero-order valence-corrected chi connectivity index (χ0v) is 11.6. The van der Waals surface area contributed by atoms with Gasteiger partial charge < -0.3 is 14.9 Å². The predicted molar refractivity (Wildman–Crippen MR) is 69.2 cm³/mol. The summed E-state index contributed by atoms with van der Waals surface area (Å²) >= 11 is 0. The second kappa shape index (κ2) is 3.83. The van der Waals surface area contributed by atoms with Crippen LogP contribution in [0.4, 0.5) is 0 Å². The molecule has 0 bridgehead atoms. The average Bonchev–Trinajstić information content (AvgIpc) is 2.66. The average molecular weight is 266 g/mol. The van der Waals surface area contributed by atoms with Gasteiger partial charge in [0.2, 0.25) is 0 Å². The number of hydrogen-bond acceptors (Lipinski definition) is 4. The van der Waals surface area contributed by atoms with Crippen molar-refractivity contribution >= 4 is 5.97 Å². The summed E-state index contributed by atoms with van der Waals surface area (Å²) < 4.78 is 5.35. The number of rotatable bonds is 0. The number of hydrogen-bond donors (Lipinski definition) is 2. The first kappa shape index (κ1) is 13.1. The number of fused-ring (bicyclic) bond motifs is 2. The minimum Gasteiger partial charge on any atom is -0.458 e. The number of esters is 1. The predicted octanol–water partition coefficient (Wildman–Crippen LogP) is 1.41. The van der Waals surface area contributed by atoms with Gasteiger partial charge in [-0.25, -0.2) is 4.79 Å². The summed E-state index contributed by atoms with van der Waals surface area (Å²) in [6, 6.07) is 0. The molecule has 2 aliphatic carbocycles. The first-order chi connectivity index (χ1) is 8.72. The van der Waals surface area contributed by atoms with E-state index in [2.05, 4.69) is 6.58 Å². The first-order valence-electron chi connectivity index (χ1n) is 7.07. The Balaban J connectivity index is 1.98. The van der Waals surface area contributed by atoms with Crippen LogP contribution >= 0.6 is 0 Å². The van der Waals surface area contributed by atoms with Gasteiger partial charge in [-0.3, -0.25) is 0 Å². The van der Waals surface area contributed by atoms with Crippen LogP contribution in [-0.4, -0.2) is 33.5 Å². The van der Waals surface area contributed by atoms with Crippen LogP contribution in [0.5, 0.6) is 0 Å². The molecule has 0 radical (unpaired) electrons. The molecule has 106 valence electrons. The van der Waals surface area contributed by atoms with Crippen LogP contribution < -0.4 is 0 Å². The third kappa shape index (κ3) is 1.84. The fourth-order valence-corrected chi connectivity index (χ4v) is 4.41. The second-order valence-electron chi connectivity index (χ2n) is 6.98. The Morgan fingerprint density at radius 1 is 1.26 bits per heavy atom. The number of carbonyl (C=O) groups is 1. The van der Waals surface area contributed by atoms with Gasteiger partial charge in [0.25, 0.3) is 0 Å². The fourth-order valence-electron chi connectivity index (χ4n) is 4.41. The molecule has 2 saturated carbocycles. The Labute approximate surface area is 113 Å². The minimum absolute atomic E-state index is 0.00347. The van der Waals surface area contributed by atoms with Crippen LogP contribution in [0.15, 0.2) is 12.2 Å². The maximum Gasteiger partial charge on any atom is 0.334 e. The lowest BCUT2D eigenvalue weighted by molar-refractivity contribution is -0.142. The molecular formula is C15H22O4. The SMILES string of the molecule is C=C1C(=O)O[C@H]2C[C@@](C)(O)[C@H]3CC[C@@](C)(O)[C@@H]3C[C@H]12. The highest BCUT2D eigenvalue weighted by atomic mass is 16.6. The molecule has 0 spiro atoms. The molecule has 0 amide bonds. The van der Waals surface area contributed by atoms with E-state index in [1.807, 2.05) is 13.8 Å². The van der Waals surface area contributed by atoms with E-state index in [0.29, 0.717) is 24.8 Å². The number of aliphatic hydroxyl groups is 2. The van der Waals surface area contributed by atoms with Gasteiger partial charge in [-0.05, 0) is 44.9 Å². The molecule has 4 nitrogen and oxygen atoms in total. The maximum atomic E-state index is 11.7. The molecule has 1 heterocycles. The Morgan fingerprint density at radius 3 is 2.63 bits per heavy atom. The topological polar surface area (TPSA) is 66.8 Å². The number of ether oxygens (including phenoxy) is 1. The Hall–Kier alpha value is -0.870. The third-order valence-corrected chi connectivity index (χ3v) is 5.58. The summed E-state index contributed by atoms with van der Waals surface area (Å²) in [5, 5.41) is 21.3. The summed E-state index contributed by atoms with van der Waals surface area (Å²) in [5.74, 6) is -0.330. The van der Waals surface area contributed by atoms with Crippen LogP contribution in [0.2, 0.25) is 0 Å². The lowest BCUT2D eigenvalue weighted by Crippen LogP contribution is -2.41. The van der Waals surface area contributed by atoms with Gasteiger partial charge in [0.05, 0.1) is 11.2 Å². The molecule has 3 rings (SSSR count). The van der Waals surface area contributed by atoms with Gasteiger partial charge in [-0.1, -0.05) is 6.58 Å².